The summed E-state index contributed by atoms with van der Waals surface area (Å²) in [7, 11) is 0. The fourth-order valence-electron chi connectivity index (χ4n) is 2.47. The van der Waals surface area contributed by atoms with E-state index in [-0.39, 0.29) is 11.3 Å². The summed E-state index contributed by atoms with van der Waals surface area (Å²) >= 11 is 0. The van der Waals surface area contributed by atoms with Crippen molar-refractivity contribution in [1.29, 1.82) is 0 Å². The summed E-state index contributed by atoms with van der Waals surface area (Å²) in [6.07, 6.45) is -4.82. The van der Waals surface area contributed by atoms with E-state index < -0.39 is 23.9 Å². The number of nitrogens with one attached hydrogen (secondary N) is 1. The fraction of sp³-hybridized carbons (Fsp3) is 0.0476. The van der Waals surface area contributed by atoms with Crippen molar-refractivity contribution in [3.63, 3.8) is 0 Å². The van der Waals surface area contributed by atoms with Crippen LogP contribution >= 0.6 is 0 Å². The van der Waals surface area contributed by atoms with Gasteiger partial charge in [-0.1, -0.05) is 6.07 Å². The van der Waals surface area contributed by atoms with Gasteiger partial charge in [0.2, 0.25) is 5.91 Å². The molecule has 0 heterocycles. The fourth-order valence-corrected chi connectivity index (χ4v) is 2.47. The average molecular weight is 416 g/mol. The van der Waals surface area contributed by atoms with Crippen molar-refractivity contribution in [3.05, 3.63) is 83.9 Å². The van der Waals surface area contributed by atoms with Crippen molar-refractivity contribution in [2.75, 3.05) is 5.32 Å². The number of hydrogen-bond donors (Lipinski definition) is 2. The maximum atomic E-state index is 12.3. The number of anilines is 1. The Morgan fingerprint density at radius 3 is 1.90 bits per heavy atom. The van der Waals surface area contributed by atoms with Crippen LogP contribution in [0.25, 0.3) is 0 Å². The number of nitrogens with two attached hydrogens (primary N) is 1. The SMILES string of the molecule is NC(=O)c1ccc(Oc2ccc(C(=O)Nc3cccc(OC(F)(F)F)c3)cc2)cc1. The van der Waals surface area contributed by atoms with E-state index in [0.717, 1.165) is 12.1 Å². The van der Waals surface area contributed by atoms with Gasteiger partial charge < -0.3 is 20.5 Å². The van der Waals surface area contributed by atoms with E-state index >= 15 is 0 Å². The molecule has 0 unspecified atom stereocenters. The van der Waals surface area contributed by atoms with Crippen LogP contribution in [-0.4, -0.2) is 18.2 Å². The molecule has 154 valence electrons. The van der Waals surface area contributed by atoms with Crippen LogP contribution in [0, 0.1) is 0 Å². The van der Waals surface area contributed by atoms with E-state index in [1.807, 2.05) is 0 Å². The first-order chi connectivity index (χ1) is 14.2. The second-order valence-electron chi connectivity index (χ2n) is 6.04. The molecule has 0 aliphatic carbocycles. The zero-order valence-electron chi connectivity index (χ0n) is 15.3. The monoisotopic (exact) mass is 416 g/mol. The molecule has 3 rings (SSSR count). The van der Waals surface area contributed by atoms with Crippen molar-refractivity contribution in [2.45, 2.75) is 6.36 Å². The number of hydrogen-bond acceptors (Lipinski definition) is 4. The van der Waals surface area contributed by atoms with Crippen molar-refractivity contribution in [2.24, 2.45) is 5.73 Å². The van der Waals surface area contributed by atoms with Crippen molar-refractivity contribution >= 4 is 17.5 Å². The maximum Gasteiger partial charge on any atom is 0.573 e. The van der Waals surface area contributed by atoms with Crippen LogP contribution in [0.15, 0.2) is 72.8 Å². The minimum atomic E-state index is -4.82. The number of benzene rings is 3. The zero-order chi connectivity index (χ0) is 21.7. The summed E-state index contributed by atoms with van der Waals surface area (Å²) in [5.74, 6) is -0.590. The molecule has 3 aromatic carbocycles. The van der Waals surface area contributed by atoms with Gasteiger partial charge in [0.05, 0.1) is 0 Å². The van der Waals surface area contributed by atoms with Crippen LogP contribution in [0.4, 0.5) is 18.9 Å². The Morgan fingerprint density at radius 1 is 0.800 bits per heavy atom. The van der Waals surface area contributed by atoms with Gasteiger partial charge in [-0.15, -0.1) is 13.2 Å². The molecule has 9 heteroatoms. The van der Waals surface area contributed by atoms with Crippen LogP contribution in [-0.2, 0) is 0 Å². The zero-order valence-corrected chi connectivity index (χ0v) is 15.3. The molecule has 0 atom stereocenters. The van der Waals surface area contributed by atoms with Crippen LogP contribution in [0.3, 0.4) is 0 Å². The molecule has 0 bridgehead atoms. The Labute approximate surface area is 169 Å². The summed E-state index contributed by atoms with van der Waals surface area (Å²) in [4.78, 5) is 23.4. The highest BCUT2D eigenvalue weighted by Crippen LogP contribution is 2.26. The number of ether oxygens (including phenoxy) is 2. The molecule has 0 aromatic heterocycles. The Balaban J connectivity index is 1.64. The highest BCUT2D eigenvalue weighted by molar-refractivity contribution is 6.04. The third-order valence-electron chi connectivity index (χ3n) is 3.82. The molecule has 0 spiro atoms. The van der Waals surface area contributed by atoms with E-state index in [9.17, 15) is 22.8 Å². The normalized spacial score (nSPS) is 10.9. The Hall–Kier alpha value is -4.01. The van der Waals surface area contributed by atoms with Gasteiger partial charge in [-0.05, 0) is 60.7 Å². The molecule has 0 saturated carbocycles. The first kappa shape index (κ1) is 20.7. The molecular formula is C21H15F3N2O4. The lowest BCUT2D eigenvalue weighted by Crippen LogP contribution is -2.17. The molecule has 0 radical (unpaired) electrons. The van der Waals surface area contributed by atoms with Gasteiger partial charge in [-0.25, -0.2) is 0 Å². The summed E-state index contributed by atoms with van der Waals surface area (Å²) < 4.78 is 46.4. The number of halogens is 3. The molecule has 6 nitrogen and oxygen atoms in total. The van der Waals surface area contributed by atoms with Crippen molar-refractivity contribution < 1.29 is 32.2 Å². The number of alkyl halides is 3. The predicted octanol–water partition coefficient (Wildman–Crippen LogP) is 4.73. The van der Waals surface area contributed by atoms with Gasteiger partial charge in [-0.2, -0.15) is 0 Å². The summed E-state index contributed by atoms with van der Waals surface area (Å²) in [6, 6.07) is 17.3. The molecule has 0 aliphatic rings. The molecule has 3 N–H and O–H groups in total. The number of primary amides is 1. The van der Waals surface area contributed by atoms with Gasteiger partial charge >= 0.3 is 6.36 Å². The van der Waals surface area contributed by atoms with Gasteiger partial charge in [0.25, 0.3) is 5.91 Å². The standard InChI is InChI=1S/C21H15F3N2O4/c22-21(23,24)30-18-3-1-2-15(12-18)26-20(28)14-6-10-17(11-7-14)29-16-8-4-13(5-9-16)19(25)27/h1-12H,(H2,25,27)(H,26,28). The quantitative estimate of drug-likeness (QED) is 0.608. The smallest absolute Gasteiger partial charge is 0.457 e. The number of rotatable bonds is 6. The highest BCUT2D eigenvalue weighted by atomic mass is 19.4. The average Bonchev–Trinajstić information content (AvgIpc) is 2.68. The topological polar surface area (TPSA) is 90.7 Å². The Morgan fingerprint density at radius 2 is 1.37 bits per heavy atom. The third kappa shape index (κ3) is 5.74. The van der Waals surface area contributed by atoms with Crippen molar-refractivity contribution in [1.82, 2.24) is 0 Å². The number of carbonyl (C=O) groups excluding carboxylic acids is 2. The summed E-state index contributed by atoms with van der Waals surface area (Å²) in [5, 5.41) is 2.50. The molecule has 0 saturated heterocycles. The van der Waals surface area contributed by atoms with Crippen LogP contribution < -0.4 is 20.5 Å². The Kier molecular flexibility index (Phi) is 5.91. The lowest BCUT2D eigenvalue weighted by atomic mass is 10.2. The lowest BCUT2D eigenvalue weighted by molar-refractivity contribution is -0.274. The van der Waals surface area contributed by atoms with Crippen LogP contribution in [0.2, 0.25) is 0 Å². The first-order valence-electron chi connectivity index (χ1n) is 8.54. The second kappa shape index (κ2) is 8.56. The number of carbonyl (C=O) groups is 2. The van der Waals surface area contributed by atoms with E-state index in [1.54, 1.807) is 24.3 Å². The largest absolute Gasteiger partial charge is 0.573 e. The van der Waals surface area contributed by atoms with Gasteiger partial charge in [0.15, 0.2) is 0 Å². The molecule has 2 amide bonds. The summed E-state index contributed by atoms with van der Waals surface area (Å²) in [5.41, 5.74) is 5.95. The molecular weight excluding hydrogens is 401 g/mol. The molecule has 3 aromatic rings. The van der Waals surface area contributed by atoms with E-state index in [1.165, 1.54) is 36.4 Å². The van der Waals surface area contributed by atoms with Crippen LogP contribution in [0.1, 0.15) is 20.7 Å². The molecule has 0 fully saturated rings. The molecule has 30 heavy (non-hydrogen) atoms. The van der Waals surface area contributed by atoms with Gasteiger partial charge in [0, 0.05) is 22.9 Å². The van der Waals surface area contributed by atoms with Gasteiger partial charge in [-0.3, -0.25) is 9.59 Å². The summed E-state index contributed by atoms with van der Waals surface area (Å²) in [6.45, 7) is 0. The Bertz CT molecular complexity index is 1050. The van der Waals surface area contributed by atoms with Crippen molar-refractivity contribution in [3.8, 4) is 17.2 Å². The lowest BCUT2D eigenvalue weighted by Gasteiger charge is -2.11. The first-order valence-corrected chi connectivity index (χ1v) is 8.54. The molecule has 0 aliphatic heterocycles. The van der Waals surface area contributed by atoms with Crippen LogP contribution in [0.5, 0.6) is 17.2 Å². The van der Waals surface area contributed by atoms with E-state index in [2.05, 4.69) is 10.1 Å². The maximum absolute atomic E-state index is 12.3. The minimum absolute atomic E-state index is 0.150. The highest BCUT2D eigenvalue weighted by Gasteiger charge is 2.31. The van der Waals surface area contributed by atoms with E-state index in [4.69, 9.17) is 10.5 Å². The third-order valence-corrected chi connectivity index (χ3v) is 3.82. The predicted molar refractivity (Wildman–Crippen MR) is 103 cm³/mol. The van der Waals surface area contributed by atoms with Gasteiger partial charge in [0.1, 0.15) is 17.2 Å². The number of amides is 2. The second-order valence-corrected chi connectivity index (χ2v) is 6.04. The minimum Gasteiger partial charge on any atom is -0.457 e. The van der Waals surface area contributed by atoms with E-state index in [0.29, 0.717) is 17.1 Å².